The topological polar surface area (TPSA) is 208 Å². The van der Waals surface area contributed by atoms with Crippen LogP contribution in [0.3, 0.4) is 0 Å². The molecule has 0 spiro atoms. The third kappa shape index (κ3) is 25.6. The Bertz CT molecular complexity index is 1050. The molecule has 0 saturated heterocycles. The van der Waals surface area contributed by atoms with E-state index in [1.54, 1.807) is 0 Å². The van der Waals surface area contributed by atoms with Gasteiger partial charge < -0.3 is 48.6 Å². The number of carbonyl (C=O) groups is 2. The lowest BCUT2D eigenvalue weighted by Gasteiger charge is -2.19. The number of carbonyl (C=O) groups excluding carboxylic acids is 2. The van der Waals surface area contributed by atoms with Gasteiger partial charge in [-0.15, -0.1) is 0 Å². The number of rotatable bonds is 23. The SMILES string of the molecule is CCCOCC(=O)Oc1c(C)cc(COC(=O)NCCCCCCOP(=O)([O-])I)cc1C.COP(=O)([O-])OCCCCCCN. The van der Waals surface area contributed by atoms with E-state index in [4.69, 9.17) is 19.9 Å². The summed E-state index contributed by atoms with van der Waals surface area (Å²) in [4.78, 5) is 45.2. The van der Waals surface area contributed by atoms with Gasteiger partial charge in [-0.1, -0.05) is 32.6 Å². The van der Waals surface area contributed by atoms with Crippen LogP contribution in [-0.4, -0.2) is 58.7 Å². The smallest absolute Gasteiger partial charge is 0.407 e. The number of benzene rings is 1. The Hall–Kier alpha value is -1.13. The van der Waals surface area contributed by atoms with Gasteiger partial charge in [-0.2, -0.15) is 0 Å². The number of aryl methyl sites for hydroxylation is 2. The number of ether oxygens (including phenoxy) is 3. The second-order valence-corrected chi connectivity index (χ2v) is 16.1. The van der Waals surface area contributed by atoms with Crippen molar-refractivity contribution in [2.24, 2.45) is 5.73 Å². The third-order valence-electron chi connectivity index (χ3n) is 5.83. The molecule has 45 heavy (non-hydrogen) atoms. The van der Waals surface area contributed by atoms with Crippen LogP contribution in [0.15, 0.2) is 12.1 Å². The van der Waals surface area contributed by atoms with E-state index in [9.17, 15) is 28.5 Å². The molecule has 14 nitrogen and oxygen atoms in total. The first kappa shape index (κ1) is 43.9. The van der Waals surface area contributed by atoms with Gasteiger partial charge in [0.1, 0.15) is 19.0 Å². The van der Waals surface area contributed by atoms with Crippen LogP contribution < -0.4 is 25.6 Å². The van der Waals surface area contributed by atoms with E-state index in [-0.39, 0.29) is 26.4 Å². The standard InChI is InChI=1S/C21H33INO8P.C7H18NO4P/c1-4-10-28-15-19(24)31-20-16(2)12-18(13-17(20)3)14-29-21(25)23-9-7-5-6-8-11-30-32(22,26)27;1-11-13(9,10)12-7-5-3-2-4-6-8/h12-13H,4-11,14-15H2,1-3H3,(H,23,25)(H,26,27);2-8H2,1H3,(H,9,10)/p-2. The molecule has 0 heterocycles. The monoisotopic (exact) mass is 794 g/mol. The number of nitrogens with one attached hydrogen (secondary N) is 1. The lowest BCUT2D eigenvalue weighted by molar-refractivity contribution is -0.223. The van der Waals surface area contributed by atoms with Crippen molar-refractivity contribution in [3.8, 4) is 5.75 Å². The molecule has 0 aliphatic rings. The number of nitrogens with two attached hydrogens (primary N) is 1. The van der Waals surface area contributed by atoms with Gasteiger partial charge >= 0.3 is 12.1 Å². The fourth-order valence-corrected chi connectivity index (χ4v) is 5.10. The van der Waals surface area contributed by atoms with E-state index in [2.05, 4.69) is 18.9 Å². The van der Waals surface area contributed by atoms with Gasteiger partial charge in [0.25, 0.3) is 7.82 Å². The maximum Gasteiger partial charge on any atom is 0.407 e. The minimum atomic E-state index is -4.00. The largest absolute Gasteiger partial charge is 0.771 e. The van der Waals surface area contributed by atoms with E-state index in [0.29, 0.717) is 31.9 Å². The highest BCUT2D eigenvalue weighted by Crippen LogP contribution is 2.46. The highest BCUT2D eigenvalue weighted by molar-refractivity contribution is 14.2. The second kappa shape index (κ2) is 25.9. The maximum absolute atomic E-state index is 11.9. The molecule has 0 saturated carbocycles. The molecule has 262 valence electrons. The lowest BCUT2D eigenvalue weighted by atomic mass is 10.1. The fraction of sp³-hybridized carbons (Fsp3) is 0.714. The summed E-state index contributed by atoms with van der Waals surface area (Å²) in [5.74, 6) is 0.0428. The molecule has 1 amide bonds. The Morgan fingerprint density at radius 2 is 1.49 bits per heavy atom. The minimum absolute atomic E-state index is 0.0911. The Labute approximate surface area is 280 Å². The number of esters is 1. The summed E-state index contributed by atoms with van der Waals surface area (Å²) < 4.78 is 50.6. The Balaban J connectivity index is 0.00000125. The third-order valence-corrected chi connectivity index (χ3v) is 8.10. The molecule has 3 N–H and O–H groups in total. The molecular formula is C28H49IN2O12P2-2. The summed E-state index contributed by atoms with van der Waals surface area (Å²) in [5, 5.41) is -0.987. The summed E-state index contributed by atoms with van der Waals surface area (Å²) in [6.07, 6.45) is 7.01. The molecule has 2 unspecified atom stereocenters. The first-order valence-electron chi connectivity index (χ1n) is 14.9. The molecule has 0 aliphatic carbocycles. The van der Waals surface area contributed by atoms with E-state index < -0.39 is 25.1 Å². The number of halogens is 1. The number of unbranched alkanes of at least 4 members (excludes halogenated alkanes) is 6. The number of amides is 1. The van der Waals surface area contributed by atoms with Gasteiger partial charge in [-0.25, -0.2) is 9.59 Å². The zero-order chi connectivity index (χ0) is 34.1. The number of hydrogen-bond donors (Lipinski definition) is 2. The van der Waals surface area contributed by atoms with Gasteiger partial charge in [0.05, 0.1) is 13.2 Å². The Morgan fingerprint density at radius 3 is 2.04 bits per heavy atom. The van der Waals surface area contributed by atoms with Crippen molar-refractivity contribution in [1.29, 1.82) is 0 Å². The predicted molar refractivity (Wildman–Crippen MR) is 175 cm³/mol. The van der Waals surface area contributed by atoms with E-state index in [1.807, 2.05) is 32.9 Å². The highest BCUT2D eigenvalue weighted by atomic mass is 127. The molecule has 17 heteroatoms. The van der Waals surface area contributed by atoms with Crippen LogP contribution in [0.4, 0.5) is 4.79 Å². The van der Waals surface area contributed by atoms with Crippen molar-refractivity contribution in [1.82, 2.24) is 5.32 Å². The highest BCUT2D eigenvalue weighted by Gasteiger charge is 2.13. The summed E-state index contributed by atoms with van der Waals surface area (Å²) in [6, 6.07) is 3.63. The number of phosphoric ester groups is 1. The fourth-order valence-electron chi connectivity index (χ4n) is 3.70. The molecule has 2 atom stereocenters. The van der Waals surface area contributed by atoms with Gasteiger partial charge in [0.15, 0.2) is 5.24 Å². The summed E-state index contributed by atoms with van der Waals surface area (Å²) >= 11 is 1.28. The van der Waals surface area contributed by atoms with Gasteiger partial charge in [-0.05, 0) is 81.3 Å². The van der Waals surface area contributed by atoms with Crippen molar-refractivity contribution in [3.05, 3.63) is 28.8 Å². The Kier molecular flexibility index (Phi) is 25.2. The van der Waals surface area contributed by atoms with Crippen LogP contribution in [0.2, 0.25) is 0 Å². The van der Waals surface area contributed by atoms with Gasteiger partial charge in [0, 0.05) is 42.3 Å². The van der Waals surface area contributed by atoms with E-state index in [0.717, 1.165) is 75.2 Å². The molecule has 1 aromatic rings. The van der Waals surface area contributed by atoms with Crippen LogP contribution in [-0.2, 0) is 43.6 Å². The lowest BCUT2D eigenvalue weighted by Crippen LogP contribution is -2.25. The first-order valence-corrected chi connectivity index (χ1v) is 20.7. The molecular weight excluding hydrogens is 745 g/mol. The predicted octanol–water partition coefficient (Wildman–Crippen LogP) is 4.98. The molecule has 0 bridgehead atoms. The van der Waals surface area contributed by atoms with Crippen molar-refractivity contribution >= 4 is 47.2 Å². The average Bonchev–Trinajstić information content (AvgIpc) is 2.97. The van der Waals surface area contributed by atoms with Gasteiger partial charge in [0.2, 0.25) is 0 Å². The number of hydrogen-bond acceptors (Lipinski definition) is 13. The molecule has 1 aromatic carbocycles. The van der Waals surface area contributed by atoms with Crippen LogP contribution in [0.5, 0.6) is 5.75 Å². The molecule has 0 radical (unpaired) electrons. The van der Waals surface area contributed by atoms with Crippen molar-refractivity contribution in [2.75, 3.05) is 46.6 Å². The van der Waals surface area contributed by atoms with E-state index in [1.165, 1.54) is 22.0 Å². The quantitative estimate of drug-likeness (QED) is 0.0494. The average molecular weight is 795 g/mol. The zero-order valence-electron chi connectivity index (χ0n) is 26.7. The summed E-state index contributed by atoms with van der Waals surface area (Å²) in [6.45, 7) is 7.66. The summed E-state index contributed by atoms with van der Waals surface area (Å²) in [7, 11) is -2.92. The van der Waals surface area contributed by atoms with Crippen LogP contribution in [0.25, 0.3) is 0 Å². The molecule has 1 rings (SSSR count). The van der Waals surface area contributed by atoms with Crippen LogP contribution >= 0.6 is 35.1 Å². The molecule has 0 fully saturated rings. The molecule has 0 aromatic heterocycles. The summed E-state index contributed by atoms with van der Waals surface area (Å²) in [5.41, 5.74) is 7.62. The first-order chi connectivity index (χ1) is 21.2. The van der Waals surface area contributed by atoms with Crippen molar-refractivity contribution in [2.45, 2.75) is 85.2 Å². The maximum atomic E-state index is 11.9. The van der Waals surface area contributed by atoms with Crippen LogP contribution in [0, 0.1) is 13.8 Å². The second-order valence-electron chi connectivity index (χ2n) is 9.93. The normalized spacial score (nSPS) is 13.6. The van der Waals surface area contributed by atoms with Crippen molar-refractivity contribution in [3.63, 3.8) is 0 Å². The Morgan fingerprint density at radius 1 is 0.911 bits per heavy atom. The zero-order valence-corrected chi connectivity index (χ0v) is 30.7. The van der Waals surface area contributed by atoms with Crippen molar-refractivity contribution < 1.29 is 56.3 Å². The van der Waals surface area contributed by atoms with E-state index >= 15 is 0 Å². The number of phosphoric acid groups is 1. The molecule has 0 aliphatic heterocycles. The number of alkyl carbamates (subject to hydrolysis) is 1. The minimum Gasteiger partial charge on any atom is -0.771 e. The van der Waals surface area contributed by atoms with Crippen LogP contribution in [0.1, 0.15) is 81.4 Å². The van der Waals surface area contributed by atoms with Gasteiger partial charge in [-0.3, -0.25) is 9.13 Å².